The van der Waals surface area contributed by atoms with Crippen LogP contribution in [0.3, 0.4) is 0 Å². The number of nitrogens with one attached hydrogen (secondary N) is 1. The number of hydrogen-bond acceptors (Lipinski definition) is 4. The van der Waals surface area contributed by atoms with Crippen molar-refractivity contribution in [3.05, 3.63) is 18.5 Å². The van der Waals surface area contributed by atoms with E-state index in [0.29, 0.717) is 6.04 Å². The Morgan fingerprint density at radius 1 is 1.28 bits per heavy atom. The molecule has 5 heteroatoms. The second kappa shape index (κ2) is 4.92. The van der Waals surface area contributed by atoms with E-state index in [2.05, 4.69) is 20.2 Å². The van der Waals surface area contributed by atoms with E-state index in [1.807, 2.05) is 0 Å². The normalized spacial score (nSPS) is 23.8. The molecule has 5 nitrogen and oxygen atoms in total. The molecule has 0 radical (unpaired) electrons. The molecule has 1 aromatic rings. The van der Waals surface area contributed by atoms with Gasteiger partial charge >= 0.3 is 0 Å². The van der Waals surface area contributed by atoms with Crippen molar-refractivity contribution >= 4 is 11.9 Å². The van der Waals surface area contributed by atoms with E-state index in [1.54, 1.807) is 18.5 Å². The summed E-state index contributed by atoms with van der Waals surface area (Å²) in [6.45, 7) is 1.61. The molecule has 0 aromatic carbocycles. The zero-order chi connectivity index (χ0) is 12.4. The van der Waals surface area contributed by atoms with Crippen molar-refractivity contribution in [3.8, 4) is 0 Å². The monoisotopic (exact) mass is 246 g/mol. The molecule has 3 rings (SSSR count). The molecule has 1 saturated carbocycles. The van der Waals surface area contributed by atoms with E-state index in [4.69, 9.17) is 0 Å². The van der Waals surface area contributed by atoms with E-state index < -0.39 is 0 Å². The molecule has 0 unspecified atom stereocenters. The average molecular weight is 246 g/mol. The molecule has 2 aliphatic rings. The summed E-state index contributed by atoms with van der Waals surface area (Å²) in [5, 5.41) is 3.12. The van der Waals surface area contributed by atoms with Crippen LogP contribution in [0.2, 0.25) is 0 Å². The van der Waals surface area contributed by atoms with Crippen LogP contribution in [0.5, 0.6) is 0 Å². The third-order valence-electron chi connectivity index (χ3n) is 3.85. The number of hydrogen-bond donors (Lipinski definition) is 1. The maximum Gasteiger partial charge on any atom is 0.225 e. The van der Waals surface area contributed by atoms with Crippen LogP contribution in [-0.2, 0) is 4.79 Å². The Kier molecular flexibility index (Phi) is 3.13. The SMILES string of the molecule is O=C(NC1CCC1)[C@H]1CCN(c2ncccn2)C1. The number of amides is 1. The minimum atomic E-state index is 0.0920. The van der Waals surface area contributed by atoms with Gasteiger partial charge in [0.15, 0.2) is 0 Å². The molecule has 1 amide bonds. The van der Waals surface area contributed by atoms with Crippen LogP contribution in [0.4, 0.5) is 5.95 Å². The Hall–Kier alpha value is -1.65. The average Bonchev–Trinajstić information content (AvgIpc) is 2.84. The molecule has 1 aromatic heterocycles. The third-order valence-corrected chi connectivity index (χ3v) is 3.85. The molecule has 18 heavy (non-hydrogen) atoms. The molecule has 1 saturated heterocycles. The summed E-state index contributed by atoms with van der Waals surface area (Å²) in [5.41, 5.74) is 0. The predicted molar refractivity (Wildman–Crippen MR) is 68.1 cm³/mol. The molecule has 2 fully saturated rings. The van der Waals surface area contributed by atoms with Crippen LogP contribution >= 0.6 is 0 Å². The van der Waals surface area contributed by atoms with Crippen LogP contribution in [0.25, 0.3) is 0 Å². The van der Waals surface area contributed by atoms with Gasteiger partial charge in [0.1, 0.15) is 0 Å². The number of anilines is 1. The Balaban J connectivity index is 1.56. The summed E-state index contributed by atoms with van der Waals surface area (Å²) >= 11 is 0. The fraction of sp³-hybridized carbons (Fsp3) is 0.615. The smallest absolute Gasteiger partial charge is 0.225 e. The number of rotatable bonds is 3. The lowest BCUT2D eigenvalue weighted by atomic mass is 9.92. The maximum atomic E-state index is 12.0. The van der Waals surface area contributed by atoms with Gasteiger partial charge in [0.25, 0.3) is 0 Å². The van der Waals surface area contributed by atoms with Gasteiger partial charge in [-0.05, 0) is 31.7 Å². The highest BCUT2D eigenvalue weighted by molar-refractivity contribution is 5.80. The van der Waals surface area contributed by atoms with Gasteiger partial charge in [0.2, 0.25) is 11.9 Å². The molecule has 0 spiro atoms. The molecule has 96 valence electrons. The molecule has 1 N–H and O–H groups in total. The summed E-state index contributed by atoms with van der Waals surface area (Å²) < 4.78 is 0. The number of aromatic nitrogens is 2. The first-order chi connectivity index (χ1) is 8.83. The van der Waals surface area contributed by atoms with E-state index in [9.17, 15) is 4.79 Å². The van der Waals surface area contributed by atoms with Crippen molar-refractivity contribution in [2.24, 2.45) is 5.92 Å². The molecule has 1 aliphatic carbocycles. The van der Waals surface area contributed by atoms with Gasteiger partial charge < -0.3 is 10.2 Å². The zero-order valence-corrected chi connectivity index (χ0v) is 10.4. The lowest BCUT2D eigenvalue weighted by Crippen LogP contribution is -2.43. The van der Waals surface area contributed by atoms with Gasteiger partial charge in [-0.15, -0.1) is 0 Å². The van der Waals surface area contributed by atoms with Crippen LogP contribution in [0, 0.1) is 5.92 Å². The standard InChI is InChI=1S/C13H18N4O/c18-12(16-11-3-1-4-11)10-5-8-17(9-10)13-14-6-2-7-15-13/h2,6-7,10-11H,1,3-5,8-9H2,(H,16,18)/t10-/m0/s1. The van der Waals surface area contributed by atoms with Crippen LogP contribution in [-0.4, -0.2) is 35.0 Å². The number of nitrogens with zero attached hydrogens (tertiary/aromatic N) is 3. The quantitative estimate of drug-likeness (QED) is 0.863. The number of carbonyl (C=O) groups excluding carboxylic acids is 1. The molecule has 0 bridgehead atoms. The Bertz CT molecular complexity index is 418. The van der Waals surface area contributed by atoms with E-state index in [-0.39, 0.29) is 11.8 Å². The highest BCUT2D eigenvalue weighted by Crippen LogP contribution is 2.23. The predicted octanol–water partition coefficient (Wildman–Crippen LogP) is 0.972. The molecule has 1 atom stereocenters. The fourth-order valence-corrected chi connectivity index (χ4v) is 2.48. The van der Waals surface area contributed by atoms with Crippen molar-refractivity contribution in [1.82, 2.24) is 15.3 Å². The Labute approximate surface area is 107 Å². The van der Waals surface area contributed by atoms with Crippen LogP contribution < -0.4 is 10.2 Å². The lowest BCUT2D eigenvalue weighted by Gasteiger charge is -2.27. The minimum absolute atomic E-state index is 0.0920. The fourth-order valence-electron chi connectivity index (χ4n) is 2.48. The van der Waals surface area contributed by atoms with Crippen LogP contribution in [0.1, 0.15) is 25.7 Å². The highest BCUT2D eigenvalue weighted by atomic mass is 16.2. The summed E-state index contributed by atoms with van der Waals surface area (Å²) in [4.78, 5) is 22.6. The van der Waals surface area contributed by atoms with Crippen molar-refractivity contribution in [3.63, 3.8) is 0 Å². The van der Waals surface area contributed by atoms with Gasteiger partial charge in [-0.2, -0.15) is 0 Å². The van der Waals surface area contributed by atoms with Gasteiger partial charge in [0.05, 0.1) is 5.92 Å². The largest absolute Gasteiger partial charge is 0.353 e. The van der Waals surface area contributed by atoms with E-state index in [0.717, 1.165) is 38.3 Å². The molecule has 2 heterocycles. The van der Waals surface area contributed by atoms with Crippen LogP contribution in [0.15, 0.2) is 18.5 Å². The summed E-state index contributed by atoms with van der Waals surface area (Å²) in [7, 11) is 0. The zero-order valence-electron chi connectivity index (χ0n) is 10.4. The van der Waals surface area contributed by atoms with Gasteiger partial charge in [-0.3, -0.25) is 4.79 Å². The third kappa shape index (κ3) is 2.30. The summed E-state index contributed by atoms with van der Waals surface area (Å²) in [5.74, 6) is 1.03. The maximum absolute atomic E-state index is 12.0. The molecular formula is C13H18N4O. The van der Waals surface area contributed by atoms with Crippen molar-refractivity contribution < 1.29 is 4.79 Å². The summed E-state index contributed by atoms with van der Waals surface area (Å²) in [6, 6.07) is 2.24. The number of carbonyl (C=O) groups is 1. The Morgan fingerprint density at radius 2 is 2.06 bits per heavy atom. The molecule has 1 aliphatic heterocycles. The lowest BCUT2D eigenvalue weighted by molar-refractivity contribution is -0.125. The van der Waals surface area contributed by atoms with Gasteiger partial charge in [0, 0.05) is 31.5 Å². The van der Waals surface area contributed by atoms with Gasteiger partial charge in [-0.25, -0.2) is 9.97 Å². The van der Waals surface area contributed by atoms with Crippen molar-refractivity contribution in [1.29, 1.82) is 0 Å². The van der Waals surface area contributed by atoms with E-state index >= 15 is 0 Å². The van der Waals surface area contributed by atoms with Crippen molar-refractivity contribution in [2.45, 2.75) is 31.7 Å². The molecular weight excluding hydrogens is 228 g/mol. The topological polar surface area (TPSA) is 58.1 Å². The minimum Gasteiger partial charge on any atom is -0.353 e. The highest BCUT2D eigenvalue weighted by Gasteiger charge is 2.31. The first-order valence-electron chi connectivity index (χ1n) is 6.65. The Morgan fingerprint density at radius 3 is 2.72 bits per heavy atom. The second-order valence-corrected chi connectivity index (χ2v) is 5.12. The van der Waals surface area contributed by atoms with Crippen molar-refractivity contribution in [2.75, 3.05) is 18.0 Å². The van der Waals surface area contributed by atoms with E-state index in [1.165, 1.54) is 6.42 Å². The van der Waals surface area contributed by atoms with Gasteiger partial charge in [-0.1, -0.05) is 0 Å². The first-order valence-corrected chi connectivity index (χ1v) is 6.65. The first kappa shape index (κ1) is 11.4. The summed E-state index contributed by atoms with van der Waals surface area (Å²) in [6.07, 6.45) is 7.92. The second-order valence-electron chi connectivity index (χ2n) is 5.12.